The fourth-order valence-electron chi connectivity index (χ4n) is 3.48. The quantitative estimate of drug-likeness (QED) is 0.838. The third kappa shape index (κ3) is 4.90. The molecule has 2 fully saturated rings. The topological polar surface area (TPSA) is 69.6 Å². The van der Waals surface area contributed by atoms with Crippen molar-refractivity contribution in [2.75, 3.05) is 19.6 Å². The summed E-state index contributed by atoms with van der Waals surface area (Å²) in [5.41, 5.74) is 0. The Bertz CT molecular complexity index is 365. The highest BCUT2D eigenvalue weighted by molar-refractivity contribution is 5.76. The Morgan fingerprint density at radius 2 is 1.90 bits per heavy atom. The molecule has 1 saturated carbocycles. The van der Waals surface area contributed by atoms with Crippen molar-refractivity contribution < 1.29 is 14.7 Å². The maximum Gasteiger partial charge on any atom is 0.317 e. The zero-order valence-electron chi connectivity index (χ0n) is 13.0. The molecule has 5 nitrogen and oxygen atoms in total. The van der Waals surface area contributed by atoms with Crippen molar-refractivity contribution in [3.05, 3.63) is 0 Å². The lowest BCUT2D eigenvalue weighted by molar-refractivity contribution is -0.143. The fraction of sp³-hybridized carbons (Fsp3) is 0.875. The maximum absolute atomic E-state index is 12.1. The molecule has 0 bridgehead atoms. The number of carboxylic acid groups (broad SMARTS) is 1. The average molecular weight is 296 g/mol. The smallest absolute Gasteiger partial charge is 0.317 e. The second kappa shape index (κ2) is 7.66. The molecule has 2 amide bonds. The second-order valence-corrected chi connectivity index (χ2v) is 6.77. The first-order valence-corrected chi connectivity index (χ1v) is 8.32. The van der Waals surface area contributed by atoms with Crippen LogP contribution in [-0.2, 0) is 4.79 Å². The van der Waals surface area contributed by atoms with Gasteiger partial charge in [0.25, 0.3) is 0 Å². The van der Waals surface area contributed by atoms with Crippen molar-refractivity contribution in [1.29, 1.82) is 0 Å². The number of amides is 2. The number of hydrogen-bond donors (Lipinski definition) is 2. The number of carbonyl (C=O) groups excluding carboxylic acids is 1. The van der Waals surface area contributed by atoms with E-state index in [1.54, 1.807) is 4.90 Å². The molecule has 0 aromatic rings. The fourth-order valence-corrected chi connectivity index (χ4v) is 3.48. The van der Waals surface area contributed by atoms with E-state index < -0.39 is 11.9 Å². The molecule has 2 N–H and O–H groups in total. The summed E-state index contributed by atoms with van der Waals surface area (Å²) in [5, 5.41) is 12.0. The number of aliphatic carboxylic acids is 1. The number of carbonyl (C=O) groups is 2. The molecule has 2 aliphatic rings. The monoisotopic (exact) mass is 296 g/mol. The number of carboxylic acids is 1. The summed E-state index contributed by atoms with van der Waals surface area (Å²) in [6.45, 7) is 4.05. The summed E-state index contributed by atoms with van der Waals surface area (Å²) < 4.78 is 0. The molecule has 1 heterocycles. The molecule has 1 aliphatic heterocycles. The van der Waals surface area contributed by atoms with Crippen molar-refractivity contribution in [3.8, 4) is 0 Å². The minimum Gasteiger partial charge on any atom is -0.481 e. The highest BCUT2D eigenvalue weighted by atomic mass is 16.4. The van der Waals surface area contributed by atoms with Crippen LogP contribution >= 0.6 is 0 Å². The summed E-state index contributed by atoms with van der Waals surface area (Å²) in [4.78, 5) is 24.8. The Kier molecular flexibility index (Phi) is 5.88. The standard InChI is InChI=1S/C16H28N2O3/c1-12-4-6-13(7-5-12)8-9-17-16(21)18-10-2-3-14(11-18)15(19)20/h12-14H,2-11H2,1H3,(H,17,21)(H,19,20). The molecular weight excluding hydrogens is 268 g/mol. The second-order valence-electron chi connectivity index (χ2n) is 6.77. The predicted octanol–water partition coefficient (Wildman–Crippen LogP) is 2.71. The summed E-state index contributed by atoms with van der Waals surface area (Å²) in [6, 6.07) is -0.0925. The van der Waals surface area contributed by atoms with E-state index >= 15 is 0 Å². The first kappa shape index (κ1) is 16.1. The van der Waals surface area contributed by atoms with Gasteiger partial charge in [0.05, 0.1) is 5.92 Å². The van der Waals surface area contributed by atoms with Crippen molar-refractivity contribution in [3.63, 3.8) is 0 Å². The van der Waals surface area contributed by atoms with Gasteiger partial charge in [0.2, 0.25) is 0 Å². The van der Waals surface area contributed by atoms with Gasteiger partial charge in [0.1, 0.15) is 0 Å². The Balaban J connectivity index is 1.66. The number of nitrogens with one attached hydrogen (secondary N) is 1. The molecule has 5 heteroatoms. The van der Waals surface area contributed by atoms with E-state index in [4.69, 9.17) is 5.11 Å². The first-order valence-electron chi connectivity index (χ1n) is 8.32. The average Bonchev–Trinajstić information content (AvgIpc) is 2.49. The maximum atomic E-state index is 12.1. The Labute approximate surface area is 127 Å². The molecule has 1 aliphatic carbocycles. The van der Waals surface area contributed by atoms with Crippen LogP contribution in [0.4, 0.5) is 4.79 Å². The number of nitrogens with zero attached hydrogens (tertiary/aromatic N) is 1. The lowest BCUT2D eigenvalue weighted by atomic mass is 9.81. The van der Waals surface area contributed by atoms with E-state index in [1.807, 2.05) is 0 Å². The Morgan fingerprint density at radius 1 is 1.19 bits per heavy atom. The van der Waals surface area contributed by atoms with Crippen LogP contribution in [0.2, 0.25) is 0 Å². The van der Waals surface area contributed by atoms with Gasteiger partial charge in [0, 0.05) is 19.6 Å². The summed E-state index contributed by atoms with van der Waals surface area (Å²) in [6.07, 6.45) is 7.69. The number of likely N-dealkylation sites (tertiary alicyclic amines) is 1. The number of urea groups is 1. The number of rotatable bonds is 4. The van der Waals surface area contributed by atoms with Crippen LogP contribution in [-0.4, -0.2) is 41.6 Å². The van der Waals surface area contributed by atoms with E-state index in [2.05, 4.69) is 12.2 Å². The molecule has 2 rings (SSSR count). The van der Waals surface area contributed by atoms with Gasteiger partial charge in [-0.25, -0.2) is 4.79 Å². The lowest BCUT2D eigenvalue weighted by Crippen LogP contribution is -2.47. The van der Waals surface area contributed by atoms with E-state index in [0.717, 1.165) is 24.7 Å². The Morgan fingerprint density at radius 3 is 2.57 bits per heavy atom. The van der Waals surface area contributed by atoms with Crippen molar-refractivity contribution in [2.24, 2.45) is 17.8 Å². The van der Waals surface area contributed by atoms with Gasteiger partial charge in [-0.1, -0.05) is 32.6 Å². The largest absolute Gasteiger partial charge is 0.481 e. The lowest BCUT2D eigenvalue weighted by Gasteiger charge is -2.31. The van der Waals surface area contributed by atoms with Crippen molar-refractivity contribution in [2.45, 2.75) is 51.9 Å². The van der Waals surface area contributed by atoms with Gasteiger partial charge in [0.15, 0.2) is 0 Å². The number of piperidine rings is 1. The van der Waals surface area contributed by atoms with E-state index in [-0.39, 0.29) is 6.03 Å². The molecule has 0 aromatic carbocycles. The van der Waals surface area contributed by atoms with Crippen LogP contribution in [0.1, 0.15) is 51.9 Å². The molecule has 1 unspecified atom stereocenters. The molecular formula is C16H28N2O3. The number of hydrogen-bond acceptors (Lipinski definition) is 2. The minimum atomic E-state index is -0.788. The molecule has 1 saturated heterocycles. The molecule has 21 heavy (non-hydrogen) atoms. The summed E-state index contributed by atoms with van der Waals surface area (Å²) >= 11 is 0. The van der Waals surface area contributed by atoms with E-state index in [0.29, 0.717) is 26.1 Å². The van der Waals surface area contributed by atoms with Gasteiger partial charge in [-0.3, -0.25) is 4.79 Å². The highest BCUT2D eigenvalue weighted by Gasteiger charge is 2.28. The summed E-state index contributed by atoms with van der Waals surface area (Å²) in [7, 11) is 0. The van der Waals surface area contributed by atoms with Crippen LogP contribution in [0, 0.1) is 17.8 Å². The van der Waals surface area contributed by atoms with E-state index in [9.17, 15) is 9.59 Å². The third-order valence-corrected chi connectivity index (χ3v) is 5.02. The predicted molar refractivity (Wildman–Crippen MR) is 81.1 cm³/mol. The van der Waals surface area contributed by atoms with Gasteiger partial charge in [-0.05, 0) is 31.1 Å². The van der Waals surface area contributed by atoms with Gasteiger partial charge >= 0.3 is 12.0 Å². The molecule has 120 valence electrons. The highest BCUT2D eigenvalue weighted by Crippen LogP contribution is 2.29. The zero-order chi connectivity index (χ0) is 15.2. The minimum absolute atomic E-state index is 0.0925. The van der Waals surface area contributed by atoms with Gasteiger partial charge in [-0.15, -0.1) is 0 Å². The van der Waals surface area contributed by atoms with Crippen LogP contribution in [0.25, 0.3) is 0 Å². The van der Waals surface area contributed by atoms with Crippen molar-refractivity contribution >= 4 is 12.0 Å². The van der Waals surface area contributed by atoms with E-state index in [1.165, 1.54) is 25.7 Å². The molecule has 0 radical (unpaired) electrons. The zero-order valence-corrected chi connectivity index (χ0v) is 13.0. The SMILES string of the molecule is CC1CCC(CCNC(=O)N2CCCC(C(=O)O)C2)CC1. The first-order chi connectivity index (χ1) is 10.1. The van der Waals surface area contributed by atoms with Crippen LogP contribution < -0.4 is 5.32 Å². The normalized spacial score (nSPS) is 30.0. The van der Waals surface area contributed by atoms with Crippen LogP contribution in [0.5, 0.6) is 0 Å². The third-order valence-electron chi connectivity index (χ3n) is 5.02. The van der Waals surface area contributed by atoms with Gasteiger partial charge < -0.3 is 15.3 Å². The molecule has 0 spiro atoms. The van der Waals surface area contributed by atoms with Crippen LogP contribution in [0.15, 0.2) is 0 Å². The van der Waals surface area contributed by atoms with Gasteiger partial charge in [-0.2, -0.15) is 0 Å². The van der Waals surface area contributed by atoms with Crippen molar-refractivity contribution in [1.82, 2.24) is 10.2 Å². The Hall–Kier alpha value is -1.26. The molecule has 1 atom stereocenters. The molecule has 0 aromatic heterocycles. The summed E-state index contributed by atoms with van der Waals surface area (Å²) in [5.74, 6) is 0.417. The van der Waals surface area contributed by atoms with Crippen LogP contribution in [0.3, 0.4) is 0 Å².